The average Bonchev–Trinajstić information content (AvgIpc) is 3.16. The summed E-state index contributed by atoms with van der Waals surface area (Å²) < 4.78 is 17.7. The monoisotopic (exact) mass is 481 g/mol. The van der Waals surface area contributed by atoms with E-state index in [2.05, 4.69) is 15.4 Å². The van der Waals surface area contributed by atoms with E-state index in [-0.39, 0.29) is 16.4 Å². The summed E-state index contributed by atoms with van der Waals surface area (Å²) >= 11 is 12.1. The van der Waals surface area contributed by atoms with Crippen molar-refractivity contribution in [2.24, 2.45) is 7.05 Å². The average molecular weight is 482 g/mol. The van der Waals surface area contributed by atoms with E-state index in [9.17, 15) is 9.18 Å². The normalized spacial score (nSPS) is 11.4. The van der Waals surface area contributed by atoms with Gasteiger partial charge < -0.3 is 5.32 Å². The first kappa shape index (κ1) is 21.4. The summed E-state index contributed by atoms with van der Waals surface area (Å²) in [5.41, 5.74) is 2.84. The second-order valence-electron chi connectivity index (χ2n) is 7.61. The van der Waals surface area contributed by atoms with E-state index in [1.165, 1.54) is 10.6 Å². The Morgan fingerprint density at radius 3 is 2.58 bits per heavy atom. The van der Waals surface area contributed by atoms with E-state index in [1.54, 1.807) is 28.9 Å². The van der Waals surface area contributed by atoms with Crippen LogP contribution in [0.1, 0.15) is 6.92 Å². The number of aromatic nitrogens is 4. The third-order valence-electron chi connectivity index (χ3n) is 5.41. The molecule has 0 amide bonds. The van der Waals surface area contributed by atoms with Gasteiger partial charge in [0, 0.05) is 35.6 Å². The molecule has 6 nitrogen and oxygen atoms in total. The highest BCUT2D eigenvalue weighted by atomic mass is 35.5. The summed E-state index contributed by atoms with van der Waals surface area (Å²) in [7, 11) is 1.84. The topological polar surface area (TPSA) is 64.7 Å². The maximum Gasteiger partial charge on any atom is 0.266 e. The molecular formula is C24H18Cl2FN5O. The third kappa shape index (κ3) is 3.63. The molecule has 0 unspecified atom stereocenters. The van der Waals surface area contributed by atoms with Crippen molar-refractivity contribution in [3.63, 3.8) is 0 Å². The molecule has 5 aromatic rings. The van der Waals surface area contributed by atoms with Gasteiger partial charge in [0.25, 0.3) is 5.56 Å². The van der Waals surface area contributed by atoms with Gasteiger partial charge in [-0.15, -0.1) is 0 Å². The summed E-state index contributed by atoms with van der Waals surface area (Å²) in [6.07, 6.45) is 1.88. The number of rotatable bonds is 4. The molecule has 33 heavy (non-hydrogen) atoms. The molecule has 0 aliphatic rings. The van der Waals surface area contributed by atoms with Crippen LogP contribution in [0.5, 0.6) is 0 Å². The van der Waals surface area contributed by atoms with Crippen LogP contribution in [-0.2, 0) is 7.05 Å². The Morgan fingerprint density at radius 2 is 1.85 bits per heavy atom. The fourth-order valence-electron chi connectivity index (χ4n) is 4.02. The lowest BCUT2D eigenvalue weighted by molar-refractivity contribution is 0.624. The summed E-state index contributed by atoms with van der Waals surface area (Å²) in [6.45, 7) is 2.43. The molecule has 0 aliphatic carbocycles. The van der Waals surface area contributed by atoms with Crippen molar-refractivity contribution >= 4 is 50.8 Å². The van der Waals surface area contributed by atoms with Crippen LogP contribution in [0.2, 0.25) is 10.2 Å². The molecule has 3 aromatic heterocycles. The molecular weight excluding hydrogens is 464 g/mol. The zero-order chi connectivity index (χ0) is 23.3. The molecule has 1 N–H and O–H groups in total. The van der Waals surface area contributed by atoms with E-state index in [0.29, 0.717) is 39.5 Å². The number of anilines is 1. The van der Waals surface area contributed by atoms with E-state index in [4.69, 9.17) is 23.2 Å². The Kier molecular flexibility index (Phi) is 5.31. The number of hydrogen-bond donors (Lipinski definition) is 1. The van der Waals surface area contributed by atoms with Gasteiger partial charge in [-0.1, -0.05) is 29.3 Å². The lowest BCUT2D eigenvalue weighted by Crippen LogP contribution is -2.23. The van der Waals surface area contributed by atoms with Gasteiger partial charge in [0.1, 0.15) is 0 Å². The minimum atomic E-state index is -0.668. The van der Waals surface area contributed by atoms with Crippen molar-refractivity contribution in [3.05, 3.63) is 81.1 Å². The second kappa shape index (κ2) is 8.17. The van der Waals surface area contributed by atoms with Crippen molar-refractivity contribution in [3.8, 4) is 16.8 Å². The molecule has 5 rings (SSSR count). The molecule has 0 atom stereocenters. The lowest BCUT2D eigenvalue weighted by Gasteiger charge is -2.19. The van der Waals surface area contributed by atoms with Gasteiger partial charge in [0.2, 0.25) is 0 Å². The molecule has 0 radical (unpaired) electrons. The molecule has 0 saturated heterocycles. The highest BCUT2D eigenvalue weighted by Crippen LogP contribution is 2.35. The third-order valence-corrected chi connectivity index (χ3v) is 5.92. The number of fused-ring (bicyclic) bond motifs is 2. The van der Waals surface area contributed by atoms with Crippen LogP contribution in [-0.4, -0.2) is 25.9 Å². The predicted octanol–water partition coefficient (Wildman–Crippen LogP) is 5.82. The second-order valence-corrected chi connectivity index (χ2v) is 8.40. The minimum absolute atomic E-state index is 0.246. The first-order chi connectivity index (χ1) is 15.9. The lowest BCUT2D eigenvalue weighted by atomic mass is 10.0. The standard InChI is InChI=1S/C24H18Cl2FN5O/c1-3-28-21-17-11-18(27)22(26)29-23(17)32(16-7-5-15(25)6-8-16)24(33)20(21)13-4-9-19-14(10-13)12-31(2)30-19/h4-12,28H,3H2,1-2H3. The quantitative estimate of drug-likeness (QED) is 0.328. The highest BCUT2D eigenvalue weighted by Gasteiger charge is 2.22. The fourth-order valence-corrected chi connectivity index (χ4v) is 4.28. The van der Waals surface area contributed by atoms with Gasteiger partial charge in [-0.2, -0.15) is 5.10 Å². The largest absolute Gasteiger partial charge is 0.384 e. The Hall–Kier alpha value is -3.42. The molecule has 0 fully saturated rings. The Labute approximate surface area is 198 Å². The van der Waals surface area contributed by atoms with E-state index in [0.717, 1.165) is 10.9 Å². The molecule has 0 spiro atoms. The summed E-state index contributed by atoms with van der Waals surface area (Å²) in [6, 6.07) is 13.7. The SMILES string of the molecule is CCNc1c(-c2ccc3nn(C)cc3c2)c(=O)n(-c2ccc(Cl)cc2)c2nc(Cl)c(F)cc12. The van der Waals surface area contributed by atoms with E-state index >= 15 is 0 Å². The molecule has 166 valence electrons. The van der Waals surface area contributed by atoms with Gasteiger partial charge in [0.15, 0.2) is 16.6 Å². The van der Waals surface area contributed by atoms with Gasteiger partial charge in [0.05, 0.1) is 22.5 Å². The highest BCUT2D eigenvalue weighted by molar-refractivity contribution is 6.30. The zero-order valence-electron chi connectivity index (χ0n) is 17.7. The summed E-state index contributed by atoms with van der Waals surface area (Å²) in [5, 5.41) is 9.19. The van der Waals surface area contributed by atoms with Crippen LogP contribution in [0.3, 0.4) is 0 Å². The van der Waals surface area contributed by atoms with Crippen LogP contribution >= 0.6 is 23.2 Å². The maximum absolute atomic E-state index is 14.6. The van der Waals surface area contributed by atoms with E-state index in [1.807, 2.05) is 38.4 Å². The first-order valence-electron chi connectivity index (χ1n) is 10.3. The number of pyridine rings is 2. The predicted molar refractivity (Wildman–Crippen MR) is 131 cm³/mol. The number of nitrogens with one attached hydrogen (secondary N) is 1. The van der Waals surface area contributed by atoms with Crippen molar-refractivity contribution < 1.29 is 4.39 Å². The van der Waals surface area contributed by atoms with E-state index < -0.39 is 5.82 Å². The molecule has 0 aliphatic heterocycles. The van der Waals surface area contributed by atoms with Crippen molar-refractivity contribution in [1.82, 2.24) is 19.3 Å². The van der Waals surface area contributed by atoms with Gasteiger partial charge in [-0.25, -0.2) is 9.37 Å². The molecule has 0 saturated carbocycles. The van der Waals surface area contributed by atoms with Crippen LogP contribution in [0.25, 0.3) is 38.8 Å². The van der Waals surface area contributed by atoms with Crippen LogP contribution in [0, 0.1) is 5.82 Å². The van der Waals surface area contributed by atoms with Gasteiger partial charge in [-0.05, 0) is 55.0 Å². The molecule has 3 heterocycles. The molecule has 9 heteroatoms. The number of benzene rings is 2. The maximum atomic E-state index is 14.6. The van der Waals surface area contributed by atoms with Crippen LogP contribution in [0.4, 0.5) is 10.1 Å². The first-order valence-corrected chi connectivity index (χ1v) is 11.0. The Morgan fingerprint density at radius 1 is 1.09 bits per heavy atom. The minimum Gasteiger partial charge on any atom is -0.384 e. The summed E-state index contributed by atoms with van der Waals surface area (Å²) in [4.78, 5) is 18.2. The smallest absolute Gasteiger partial charge is 0.266 e. The number of nitrogens with zero attached hydrogens (tertiary/aromatic N) is 4. The zero-order valence-corrected chi connectivity index (χ0v) is 19.2. The van der Waals surface area contributed by atoms with Crippen molar-refractivity contribution in [1.29, 1.82) is 0 Å². The fraction of sp³-hybridized carbons (Fsp3) is 0.125. The number of hydrogen-bond acceptors (Lipinski definition) is 4. The number of halogens is 3. The molecule has 2 aromatic carbocycles. The number of aryl methyl sites for hydroxylation is 1. The Balaban J connectivity index is 1.94. The van der Waals surface area contributed by atoms with Gasteiger partial charge >= 0.3 is 0 Å². The summed E-state index contributed by atoms with van der Waals surface area (Å²) in [5.74, 6) is -0.668. The Bertz CT molecular complexity index is 1590. The van der Waals surface area contributed by atoms with Crippen LogP contribution in [0.15, 0.2) is 59.5 Å². The van der Waals surface area contributed by atoms with Crippen molar-refractivity contribution in [2.75, 3.05) is 11.9 Å². The van der Waals surface area contributed by atoms with Crippen LogP contribution < -0.4 is 10.9 Å². The molecule has 0 bridgehead atoms. The van der Waals surface area contributed by atoms with Crippen molar-refractivity contribution in [2.45, 2.75) is 6.92 Å². The van der Waals surface area contributed by atoms with Gasteiger partial charge in [-0.3, -0.25) is 14.0 Å².